The quantitative estimate of drug-likeness (QED) is 0.724. The van der Waals surface area contributed by atoms with Crippen LogP contribution in [0.25, 0.3) is 0 Å². The van der Waals surface area contributed by atoms with Crippen LogP contribution in [0.2, 0.25) is 0 Å². The Morgan fingerprint density at radius 1 is 1.37 bits per heavy atom. The van der Waals surface area contributed by atoms with E-state index in [1.807, 2.05) is 0 Å². The highest BCUT2D eigenvalue weighted by molar-refractivity contribution is 5.39. The van der Waals surface area contributed by atoms with E-state index in [2.05, 4.69) is 62.7 Å². The van der Waals surface area contributed by atoms with E-state index in [1.165, 1.54) is 19.3 Å². The van der Waals surface area contributed by atoms with Crippen LogP contribution in [0.15, 0.2) is 36.9 Å². The molecule has 102 valence electrons. The molecule has 1 aromatic carbocycles. The Morgan fingerprint density at radius 2 is 2.11 bits per heavy atom. The molecular weight excluding hydrogens is 230 g/mol. The second-order valence-corrected chi connectivity index (χ2v) is 7.06. The van der Waals surface area contributed by atoms with Crippen LogP contribution >= 0.6 is 0 Å². The molecule has 0 radical (unpaired) electrons. The molecule has 1 aliphatic heterocycles. The fraction of sp³-hybridized carbons (Fsp3) is 0.556. The van der Waals surface area contributed by atoms with Crippen LogP contribution in [0.1, 0.15) is 44.2 Å². The molecule has 1 heterocycles. The molecule has 0 aromatic heterocycles. The van der Waals surface area contributed by atoms with E-state index in [0.29, 0.717) is 11.5 Å². The van der Waals surface area contributed by atoms with E-state index >= 15 is 0 Å². The molecule has 0 spiro atoms. The summed E-state index contributed by atoms with van der Waals surface area (Å²) in [7, 11) is 2.31. The van der Waals surface area contributed by atoms with Crippen LogP contribution in [0.5, 0.6) is 0 Å². The number of hydrogen-bond donors (Lipinski definition) is 0. The molecule has 1 aromatic rings. The molecular formula is C18H25N. The molecule has 1 nitrogen and oxygen atoms in total. The first-order valence-corrected chi connectivity index (χ1v) is 7.41. The number of piperidine rings is 1. The third kappa shape index (κ3) is 1.87. The van der Waals surface area contributed by atoms with Crippen LogP contribution in [-0.2, 0) is 11.8 Å². The minimum Gasteiger partial charge on any atom is -0.297 e. The van der Waals surface area contributed by atoms with Gasteiger partial charge in [0.1, 0.15) is 0 Å². The molecule has 0 N–H and O–H groups in total. The van der Waals surface area contributed by atoms with Gasteiger partial charge >= 0.3 is 0 Å². The molecule has 0 amide bonds. The Balaban J connectivity index is 2.07. The molecule has 1 aliphatic carbocycles. The monoisotopic (exact) mass is 255 g/mol. The van der Waals surface area contributed by atoms with Crippen LogP contribution in [0.3, 0.4) is 0 Å². The van der Waals surface area contributed by atoms with Crippen LogP contribution in [-0.4, -0.2) is 23.5 Å². The van der Waals surface area contributed by atoms with E-state index in [-0.39, 0.29) is 5.54 Å². The van der Waals surface area contributed by atoms with Gasteiger partial charge in [-0.15, -0.1) is 6.58 Å². The van der Waals surface area contributed by atoms with Crippen molar-refractivity contribution in [1.82, 2.24) is 4.90 Å². The maximum absolute atomic E-state index is 3.97. The van der Waals surface area contributed by atoms with Gasteiger partial charge in [0.25, 0.3) is 0 Å². The van der Waals surface area contributed by atoms with E-state index in [0.717, 1.165) is 6.42 Å². The standard InChI is InChI=1S/C18H25N/c1-5-10-18(3)13-17(2)12-15(19(18)4)11-14-8-6-7-9-16(14)17/h5-9,15H,1,10-13H2,2-4H3/t15?,17?,18-/m0/s1. The zero-order chi connectivity index (χ0) is 13.7. The predicted octanol–water partition coefficient (Wildman–Crippen LogP) is 3.93. The smallest absolute Gasteiger partial charge is 0.0224 e. The molecule has 19 heavy (non-hydrogen) atoms. The summed E-state index contributed by atoms with van der Waals surface area (Å²) in [4.78, 5) is 2.62. The van der Waals surface area contributed by atoms with Crippen molar-refractivity contribution in [1.29, 1.82) is 0 Å². The molecule has 0 saturated carbocycles. The predicted molar refractivity (Wildman–Crippen MR) is 81.5 cm³/mol. The van der Waals surface area contributed by atoms with Gasteiger partial charge in [-0.25, -0.2) is 0 Å². The zero-order valence-electron chi connectivity index (χ0n) is 12.4. The van der Waals surface area contributed by atoms with Crippen molar-refractivity contribution in [2.75, 3.05) is 7.05 Å². The topological polar surface area (TPSA) is 3.24 Å². The van der Waals surface area contributed by atoms with Crippen LogP contribution < -0.4 is 0 Å². The SMILES string of the molecule is C=CC[C@@]1(C)CC2(C)CC(Cc3ccccc32)N1C. The number of fused-ring (bicyclic) bond motifs is 4. The van der Waals surface area contributed by atoms with Crippen LogP contribution in [0, 0.1) is 0 Å². The van der Waals surface area contributed by atoms with Crippen molar-refractivity contribution in [3.05, 3.63) is 48.0 Å². The first kappa shape index (κ1) is 12.9. The van der Waals surface area contributed by atoms with E-state index in [9.17, 15) is 0 Å². The second-order valence-electron chi connectivity index (χ2n) is 7.06. The van der Waals surface area contributed by atoms with Crippen LogP contribution in [0.4, 0.5) is 0 Å². The second kappa shape index (κ2) is 4.21. The van der Waals surface area contributed by atoms with Crippen molar-refractivity contribution < 1.29 is 0 Å². The number of likely N-dealkylation sites (tertiary alicyclic amines) is 1. The van der Waals surface area contributed by atoms with Gasteiger partial charge in [-0.1, -0.05) is 37.3 Å². The van der Waals surface area contributed by atoms with Gasteiger partial charge in [0, 0.05) is 11.6 Å². The Hall–Kier alpha value is -1.08. The summed E-state index contributed by atoms with van der Waals surface area (Å²) in [6.45, 7) is 8.84. The summed E-state index contributed by atoms with van der Waals surface area (Å²) in [5, 5.41) is 0. The summed E-state index contributed by atoms with van der Waals surface area (Å²) in [5.74, 6) is 0. The molecule has 1 fully saturated rings. The fourth-order valence-electron chi connectivity index (χ4n) is 4.62. The zero-order valence-corrected chi connectivity index (χ0v) is 12.4. The van der Waals surface area contributed by atoms with Gasteiger partial charge in [-0.2, -0.15) is 0 Å². The summed E-state index contributed by atoms with van der Waals surface area (Å²) in [6, 6.07) is 9.74. The van der Waals surface area contributed by atoms with Gasteiger partial charge in [-0.05, 0) is 56.2 Å². The van der Waals surface area contributed by atoms with E-state index in [4.69, 9.17) is 0 Å². The first-order valence-electron chi connectivity index (χ1n) is 7.41. The highest BCUT2D eigenvalue weighted by Crippen LogP contribution is 2.50. The van der Waals surface area contributed by atoms with Crippen molar-refractivity contribution in [3.63, 3.8) is 0 Å². The summed E-state index contributed by atoms with van der Waals surface area (Å²) >= 11 is 0. The first-order chi connectivity index (χ1) is 8.98. The maximum Gasteiger partial charge on any atom is 0.0224 e. The average Bonchev–Trinajstić information content (AvgIpc) is 2.36. The lowest BCUT2D eigenvalue weighted by molar-refractivity contribution is -0.00842. The average molecular weight is 255 g/mol. The molecule has 1 heteroatoms. The number of nitrogens with zero attached hydrogens (tertiary/aromatic N) is 1. The molecule has 2 aliphatic rings. The van der Waals surface area contributed by atoms with Gasteiger partial charge in [0.2, 0.25) is 0 Å². The Bertz CT molecular complexity index is 506. The molecule has 2 bridgehead atoms. The molecule has 2 unspecified atom stereocenters. The number of rotatable bonds is 2. The minimum absolute atomic E-state index is 0.257. The highest BCUT2D eigenvalue weighted by Gasteiger charge is 2.50. The summed E-state index contributed by atoms with van der Waals surface area (Å²) < 4.78 is 0. The highest BCUT2D eigenvalue weighted by atomic mass is 15.2. The third-order valence-corrected chi connectivity index (χ3v) is 5.56. The Morgan fingerprint density at radius 3 is 2.84 bits per heavy atom. The molecule has 1 saturated heterocycles. The van der Waals surface area contributed by atoms with Crippen molar-refractivity contribution in [2.45, 2.75) is 56.5 Å². The fourth-order valence-corrected chi connectivity index (χ4v) is 4.62. The number of likely N-dealkylation sites (N-methyl/N-ethyl adjacent to an activating group) is 1. The van der Waals surface area contributed by atoms with Gasteiger partial charge < -0.3 is 0 Å². The van der Waals surface area contributed by atoms with Gasteiger partial charge in [0.05, 0.1) is 0 Å². The lowest BCUT2D eigenvalue weighted by Crippen LogP contribution is -2.61. The largest absolute Gasteiger partial charge is 0.297 e. The minimum atomic E-state index is 0.257. The third-order valence-electron chi connectivity index (χ3n) is 5.56. The lowest BCUT2D eigenvalue weighted by atomic mass is 9.59. The van der Waals surface area contributed by atoms with Crippen molar-refractivity contribution in [2.24, 2.45) is 0 Å². The summed E-state index contributed by atoms with van der Waals surface area (Å²) in [6.07, 6.45) is 6.91. The lowest BCUT2D eigenvalue weighted by Gasteiger charge is -2.57. The van der Waals surface area contributed by atoms with Crippen molar-refractivity contribution in [3.8, 4) is 0 Å². The number of hydrogen-bond acceptors (Lipinski definition) is 1. The molecule has 3 rings (SSSR count). The summed E-state index contributed by atoms with van der Waals surface area (Å²) in [5.41, 5.74) is 3.75. The Labute approximate surface area is 117 Å². The normalized spacial score (nSPS) is 37.7. The van der Waals surface area contributed by atoms with Gasteiger partial charge in [-0.3, -0.25) is 4.90 Å². The van der Waals surface area contributed by atoms with E-state index in [1.54, 1.807) is 11.1 Å². The van der Waals surface area contributed by atoms with Gasteiger partial charge in [0.15, 0.2) is 0 Å². The maximum atomic E-state index is 3.97. The number of benzene rings is 1. The van der Waals surface area contributed by atoms with Crippen molar-refractivity contribution >= 4 is 0 Å². The Kier molecular flexibility index (Phi) is 2.86. The molecule has 3 atom stereocenters. The van der Waals surface area contributed by atoms with E-state index < -0.39 is 0 Å².